The van der Waals surface area contributed by atoms with Crippen molar-refractivity contribution in [1.29, 1.82) is 0 Å². The van der Waals surface area contributed by atoms with Crippen LogP contribution in [-0.2, 0) is 11.2 Å². The summed E-state index contributed by atoms with van der Waals surface area (Å²) in [6.07, 6.45) is 4.03. The topological polar surface area (TPSA) is 87.6 Å². The van der Waals surface area contributed by atoms with Crippen LogP contribution in [0.2, 0.25) is 0 Å². The van der Waals surface area contributed by atoms with Crippen LogP contribution in [0.3, 0.4) is 0 Å². The van der Waals surface area contributed by atoms with Crippen LogP contribution in [0.1, 0.15) is 11.1 Å². The van der Waals surface area contributed by atoms with Gasteiger partial charge in [0, 0.05) is 23.3 Å². The molecular weight excluding hydrogens is 240 g/mol. The molecular formula is C14H14N4O. The summed E-state index contributed by atoms with van der Waals surface area (Å²) in [5, 5.41) is 8.37. The monoisotopic (exact) mass is 254 g/mol. The van der Waals surface area contributed by atoms with Gasteiger partial charge in [0.25, 0.3) is 0 Å². The third kappa shape index (κ3) is 1.89. The fourth-order valence-electron chi connectivity index (χ4n) is 2.35. The number of nitrogens with one attached hydrogen (secondary N) is 2. The quantitative estimate of drug-likeness (QED) is 0.666. The van der Waals surface area contributed by atoms with Gasteiger partial charge in [0.2, 0.25) is 5.91 Å². The van der Waals surface area contributed by atoms with Crippen LogP contribution < -0.4 is 5.73 Å². The maximum absolute atomic E-state index is 11.1. The third-order valence-corrected chi connectivity index (χ3v) is 3.35. The number of benzene rings is 1. The fourth-order valence-corrected chi connectivity index (χ4v) is 2.35. The Hall–Kier alpha value is -2.56. The molecule has 0 unspecified atom stereocenters. The van der Waals surface area contributed by atoms with Crippen LogP contribution in [0.15, 0.2) is 30.6 Å². The van der Waals surface area contributed by atoms with Crippen molar-refractivity contribution in [3.8, 4) is 11.3 Å². The van der Waals surface area contributed by atoms with Gasteiger partial charge in [-0.2, -0.15) is 5.10 Å². The minimum absolute atomic E-state index is 0.250. The molecule has 0 saturated carbocycles. The van der Waals surface area contributed by atoms with Gasteiger partial charge in [-0.05, 0) is 18.1 Å². The molecule has 0 fully saturated rings. The molecule has 4 N–H and O–H groups in total. The number of nitrogens with two attached hydrogens (primary N) is 1. The van der Waals surface area contributed by atoms with Crippen molar-refractivity contribution >= 4 is 16.8 Å². The van der Waals surface area contributed by atoms with Gasteiger partial charge in [-0.3, -0.25) is 9.89 Å². The van der Waals surface area contributed by atoms with Gasteiger partial charge in [0.05, 0.1) is 11.9 Å². The predicted molar refractivity (Wildman–Crippen MR) is 73.5 cm³/mol. The van der Waals surface area contributed by atoms with Gasteiger partial charge in [0.1, 0.15) is 5.69 Å². The summed E-state index contributed by atoms with van der Waals surface area (Å²) in [6.45, 7) is 1.99. The molecule has 0 aliphatic carbocycles. The van der Waals surface area contributed by atoms with E-state index in [-0.39, 0.29) is 12.3 Å². The Bertz CT molecular complexity index is 754. The second kappa shape index (κ2) is 4.28. The van der Waals surface area contributed by atoms with Crippen molar-refractivity contribution in [2.75, 3.05) is 0 Å². The zero-order chi connectivity index (χ0) is 13.4. The number of primary amides is 1. The van der Waals surface area contributed by atoms with E-state index in [1.54, 1.807) is 0 Å². The molecule has 1 aromatic carbocycles. The van der Waals surface area contributed by atoms with E-state index in [4.69, 9.17) is 5.73 Å². The van der Waals surface area contributed by atoms with E-state index in [9.17, 15) is 4.79 Å². The molecule has 2 heterocycles. The number of carbonyl (C=O) groups is 1. The second-order valence-corrected chi connectivity index (χ2v) is 4.59. The summed E-state index contributed by atoms with van der Waals surface area (Å²) in [5.41, 5.74) is 10.1. The molecule has 1 amide bonds. The third-order valence-electron chi connectivity index (χ3n) is 3.35. The molecule has 0 atom stereocenters. The first-order valence-corrected chi connectivity index (χ1v) is 6.05. The summed E-state index contributed by atoms with van der Waals surface area (Å²) in [7, 11) is 0. The van der Waals surface area contributed by atoms with Gasteiger partial charge in [-0.1, -0.05) is 18.2 Å². The number of fused-ring (bicyclic) bond motifs is 1. The SMILES string of the molecule is Cc1c(CC(N)=O)cccc1-c1n[nH]c2c[nH]cc12. The standard InChI is InChI=1S/C14H14N4O/c1-8-9(5-13(15)19)3-2-4-10(8)14-11-6-16-7-12(11)17-18-14/h2-4,6-7,16-17H,5H2,1H3,(H2,15,19). The average molecular weight is 254 g/mol. The zero-order valence-corrected chi connectivity index (χ0v) is 10.5. The molecule has 0 radical (unpaired) electrons. The van der Waals surface area contributed by atoms with Gasteiger partial charge in [-0.15, -0.1) is 0 Å². The minimum Gasteiger partial charge on any atom is -0.369 e. The Balaban J connectivity index is 2.15. The van der Waals surface area contributed by atoms with Crippen molar-refractivity contribution in [3.05, 3.63) is 41.7 Å². The lowest BCUT2D eigenvalue weighted by Crippen LogP contribution is -2.14. The van der Waals surface area contributed by atoms with Crippen molar-refractivity contribution in [2.24, 2.45) is 5.73 Å². The number of nitrogens with zero attached hydrogens (tertiary/aromatic N) is 1. The van der Waals surface area contributed by atoms with Gasteiger partial charge in [0.15, 0.2) is 0 Å². The smallest absolute Gasteiger partial charge is 0.221 e. The molecule has 5 heteroatoms. The van der Waals surface area contributed by atoms with Gasteiger partial charge >= 0.3 is 0 Å². The molecule has 0 saturated heterocycles. The maximum atomic E-state index is 11.1. The normalized spacial score (nSPS) is 11.0. The van der Waals surface area contributed by atoms with E-state index in [0.717, 1.165) is 33.3 Å². The lowest BCUT2D eigenvalue weighted by molar-refractivity contribution is -0.117. The Morgan fingerprint density at radius 2 is 2.21 bits per heavy atom. The van der Waals surface area contributed by atoms with Crippen LogP contribution in [0.5, 0.6) is 0 Å². The van der Waals surface area contributed by atoms with Gasteiger partial charge < -0.3 is 10.7 Å². The first kappa shape index (κ1) is 11.5. The van der Waals surface area contributed by atoms with Gasteiger partial charge in [-0.25, -0.2) is 0 Å². The Morgan fingerprint density at radius 3 is 3.00 bits per heavy atom. The Morgan fingerprint density at radius 1 is 1.37 bits per heavy atom. The highest BCUT2D eigenvalue weighted by Crippen LogP contribution is 2.30. The second-order valence-electron chi connectivity index (χ2n) is 4.59. The zero-order valence-electron chi connectivity index (χ0n) is 10.5. The molecule has 0 aliphatic rings. The first-order chi connectivity index (χ1) is 9.16. The van der Waals surface area contributed by atoms with Crippen molar-refractivity contribution < 1.29 is 4.79 Å². The first-order valence-electron chi connectivity index (χ1n) is 6.05. The van der Waals surface area contributed by atoms with E-state index >= 15 is 0 Å². The van der Waals surface area contributed by atoms with Crippen LogP contribution >= 0.6 is 0 Å². The average Bonchev–Trinajstić information content (AvgIpc) is 2.94. The number of aromatic nitrogens is 3. The highest BCUT2D eigenvalue weighted by Gasteiger charge is 2.13. The number of rotatable bonds is 3. The number of amides is 1. The molecule has 0 bridgehead atoms. The molecule has 19 heavy (non-hydrogen) atoms. The number of aromatic amines is 2. The minimum atomic E-state index is -0.325. The number of hydrogen-bond acceptors (Lipinski definition) is 2. The molecule has 3 rings (SSSR count). The van der Waals surface area contributed by atoms with Crippen LogP contribution in [0.25, 0.3) is 22.2 Å². The molecule has 0 aliphatic heterocycles. The number of H-pyrrole nitrogens is 2. The van der Waals surface area contributed by atoms with E-state index < -0.39 is 0 Å². The predicted octanol–water partition coefficient (Wildman–Crippen LogP) is 1.89. The molecule has 3 aromatic rings. The summed E-state index contributed by atoms with van der Waals surface area (Å²) in [4.78, 5) is 14.1. The molecule has 0 spiro atoms. The van der Waals surface area contributed by atoms with Crippen molar-refractivity contribution in [1.82, 2.24) is 15.2 Å². The van der Waals surface area contributed by atoms with E-state index in [0.29, 0.717) is 0 Å². The highest BCUT2D eigenvalue weighted by atomic mass is 16.1. The summed E-state index contributed by atoms with van der Waals surface area (Å²) in [6, 6.07) is 5.85. The van der Waals surface area contributed by atoms with E-state index in [1.165, 1.54) is 0 Å². The van der Waals surface area contributed by atoms with Crippen LogP contribution in [0.4, 0.5) is 0 Å². The molecule has 2 aromatic heterocycles. The lowest BCUT2D eigenvalue weighted by Gasteiger charge is -2.08. The number of carbonyl (C=O) groups excluding carboxylic acids is 1. The van der Waals surface area contributed by atoms with Crippen molar-refractivity contribution in [2.45, 2.75) is 13.3 Å². The Kier molecular flexibility index (Phi) is 2.59. The van der Waals surface area contributed by atoms with Crippen LogP contribution in [0, 0.1) is 6.92 Å². The maximum Gasteiger partial charge on any atom is 0.221 e. The Labute approximate surface area is 109 Å². The fraction of sp³-hybridized carbons (Fsp3) is 0.143. The number of hydrogen-bond donors (Lipinski definition) is 3. The van der Waals surface area contributed by atoms with Crippen LogP contribution in [-0.4, -0.2) is 21.1 Å². The van der Waals surface area contributed by atoms with E-state index in [1.807, 2.05) is 37.5 Å². The molecule has 5 nitrogen and oxygen atoms in total. The van der Waals surface area contributed by atoms with E-state index in [2.05, 4.69) is 15.2 Å². The lowest BCUT2D eigenvalue weighted by atomic mass is 9.97. The van der Waals surface area contributed by atoms with Crippen molar-refractivity contribution in [3.63, 3.8) is 0 Å². The highest BCUT2D eigenvalue weighted by molar-refractivity contribution is 5.93. The summed E-state index contributed by atoms with van der Waals surface area (Å²) in [5.74, 6) is -0.325. The largest absolute Gasteiger partial charge is 0.369 e. The summed E-state index contributed by atoms with van der Waals surface area (Å²) < 4.78 is 0. The summed E-state index contributed by atoms with van der Waals surface area (Å²) >= 11 is 0. The molecule has 96 valence electrons.